The topological polar surface area (TPSA) is 20.2 Å². The van der Waals surface area contributed by atoms with Crippen LogP contribution in [0.4, 0.5) is 4.39 Å². The molecule has 0 aromatic rings. The maximum Gasteiger partial charge on any atom is 0.0996 e. The molecule has 1 aliphatic carbocycles. The van der Waals surface area contributed by atoms with Gasteiger partial charge in [-0.1, -0.05) is 18.6 Å². The van der Waals surface area contributed by atoms with E-state index in [1.807, 2.05) is 13.0 Å². The van der Waals surface area contributed by atoms with E-state index in [0.29, 0.717) is 12.3 Å². The summed E-state index contributed by atoms with van der Waals surface area (Å²) in [6.45, 7) is 2.07. The Hall–Kier alpha value is -0.630. The lowest BCUT2D eigenvalue weighted by Crippen LogP contribution is -2.12. The minimum atomic E-state index is -0.0661. The van der Waals surface area contributed by atoms with Crippen molar-refractivity contribution in [3.8, 4) is 0 Å². The number of allylic oxidation sites excluding steroid dienone is 4. The van der Waals surface area contributed by atoms with Gasteiger partial charge < -0.3 is 5.11 Å². The minimum Gasteiger partial charge on any atom is -0.396 e. The molecular weight excluding hydrogens is 179 g/mol. The van der Waals surface area contributed by atoms with Gasteiger partial charge in [0.05, 0.1) is 5.83 Å². The summed E-state index contributed by atoms with van der Waals surface area (Å²) in [5, 5.41) is 9.02. The van der Waals surface area contributed by atoms with E-state index in [2.05, 4.69) is 0 Å². The number of hydrogen-bond acceptors (Lipinski definition) is 1. The van der Waals surface area contributed by atoms with Crippen molar-refractivity contribution in [2.45, 2.75) is 39.0 Å². The molecule has 0 heterocycles. The van der Waals surface area contributed by atoms with Crippen LogP contribution in [0.15, 0.2) is 23.6 Å². The lowest BCUT2D eigenvalue weighted by atomic mass is 9.86. The summed E-state index contributed by atoms with van der Waals surface area (Å²) in [5.74, 6) is 0.330. The van der Waals surface area contributed by atoms with Crippen LogP contribution in [0.5, 0.6) is 0 Å². The molecule has 1 nitrogen and oxygen atoms in total. The third-order valence-electron chi connectivity index (χ3n) is 2.76. The molecule has 0 radical (unpaired) electrons. The van der Waals surface area contributed by atoms with Crippen molar-refractivity contribution < 1.29 is 9.50 Å². The quantitative estimate of drug-likeness (QED) is 0.737. The van der Waals surface area contributed by atoms with Crippen molar-refractivity contribution in [3.05, 3.63) is 23.6 Å². The first kappa shape index (κ1) is 11.4. The molecule has 0 saturated heterocycles. The molecule has 0 amide bonds. The van der Waals surface area contributed by atoms with E-state index < -0.39 is 0 Å². The van der Waals surface area contributed by atoms with Crippen LogP contribution in [0.25, 0.3) is 0 Å². The monoisotopic (exact) mass is 198 g/mol. The van der Waals surface area contributed by atoms with E-state index in [9.17, 15) is 4.39 Å². The number of aliphatic hydroxyl groups is 1. The molecule has 0 aromatic heterocycles. The largest absolute Gasteiger partial charge is 0.396 e. The Kier molecular flexibility index (Phi) is 4.88. The van der Waals surface area contributed by atoms with E-state index in [4.69, 9.17) is 5.11 Å². The van der Waals surface area contributed by atoms with Crippen molar-refractivity contribution in [2.24, 2.45) is 5.92 Å². The van der Waals surface area contributed by atoms with E-state index in [-0.39, 0.29) is 12.4 Å². The molecule has 0 aliphatic heterocycles. The second-order valence-electron chi connectivity index (χ2n) is 3.94. The first-order chi connectivity index (χ1) is 6.76. The maximum absolute atomic E-state index is 12.8. The second-order valence-corrected chi connectivity index (χ2v) is 3.94. The predicted octanol–water partition coefficient (Wildman–Crippen LogP) is 3.36. The Morgan fingerprint density at radius 1 is 1.64 bits per heavy atom. The summed E-state index contributed by atoms with van der Waals surface area (Å²) in [5.41, 5.74) is 1.28. The van der Waals surface area contributed by atoms with Gasteiger partial charge in [0.25, 0.3) is 0 Å². The van der Waals surface area contributed by atoms with Gasteiger partial charge in [0.2, 0.25) is 0 Å². The Morgan fingerprint density at radius 2 is 2.43 bits per heavy atom. The Balaban J connectivity index is 2.51. The highest BCUT2D eigenvalue weighted by Gasteiger charge is 2.15. The molecule has 2 heteroatoms. The fraction of sp³-hybridized carbons (Fsp3) is 0.667. The molecule has 0 bridgehead atoms. The molecule has 0 aromatic carbocycles. The Bertz CT molecular complexity index is 230. The van der Waals surface area contributed by atoms with Crippen molar-refractivity contribution >= 4 is 0 Å². The average molecular weight is 198 g/mol. The zero-order valence-corrected chi connectivity index (χ0v) is 8.80. The minimum absolute atomic E-state index is 0.0661. The normalized spacial score (nSPS) is 26.9. The second kappa shape index (κ2) is 5.97. The van der Waals surface area contributed by atoms with Gasteiger partial charge in [-0.05, 0) is 44.1 Å². The third kappa shape index (κ3) is 3.62. The predicted molar refractivity (Wildman–Crippen MR) is 56.6 cm³/mol. The summed E-state index contributed by atoms with van der Waals surface area (Å²) >= 11 is 0. The van der Waals surface area contributed by atoms with Crippen molar-refractivity contribution in [1.29, 1.82) is 0 Å². The van der Waals surface area contributed by atoms with Crippen LogP contribution in [0, 0.1) is 5.92 Å². The van der Waals surface area contributed by atoms with Gasteiger partial charge in [0.1, 0.15) is 0 Å². The highest BCUT2D eigenvalue weighted by Crippen LogP contribution is 2.28. The van der Waals surface area contributed by atoms with Crippen molar-refractivity contribution in [1.82, 2.24) is 0 Å². The molecule has 1 unspecified atom stereocenters. The smallest absolute Gasteiger partial charge is 0.0996 e. The molecule has 0 spiro atoms. The van der Waals surface area contributed by atoms with Crippen LogP contribution in [0.2, 0.25) is 0 Å². The zero-order valence-electron chi connectivity index (χ0n) is 8.80. The van der Waals surface area contributed by atoms with E-state index in [1.165, 1.54) is 5.57 Å². The van der Waals surface area contributed by atoms with Crippen LogP contribution in [-0.2, 0) is 0 Å². The molecule has 80 valence electrons. The van der Waals surface area contributed by atoms with E-state index in [1.54, 1.807) is 6.08 Å². The van der Waals surface area contributed by atoms with E-state index >= 15 is 0 Å². The van der Waals surface area contributed by atoms with Crippen LogP contribution in [0.3, 0.4) is 0 Å². The summed E-state index contributed by atoms with van der Waals surface area (Å²) in [4.78, 5) is 0. The van der Waals surface area contributed by atoms with Gasteiger partial charge in [-0.15, -0.1) is 0 Å². The maximum atomic E-state index is 12.8. The molecule has 14 heavy (non-hydrogen) atoms. The van der Waals surface area contributed by atoms with Crippen LogP contribution < -0.4 is 0 Å². The standard InChI is InChI=1S/C12H19FO/c1-2-12(13)7-6-10-4-3-5-11(8-10)9-14/h6-7,11,14H,2-5,8-9H2,1H3/b10-6+,12-7+. The molecule has 1 N–H and O–H groups in total. The number of rotatable bonds is 3. The van der Waals surface area contributed by atoms with Gasteiger partial charge in [-0.3, -0.25) is 0 Å². The molecule has 1 rings (SSSR count). The Morgan fingerprint density at radius 3 is 3.07 bits per heavy atom. The van der Waals surface area contributed by atoms with Gasteiger partial charge in [-0.2, -0.15) is 0 Å². The van der Waals surface area contributed by atoms with Crippen LogP contribution >= 0.6 is 0 Å². The molecule has 1 fully saturated rings. The zero-order chi connectivity index (χ0) is 10.4. The lowest BCUT2D eigenvalue weighted by Gasteiger charge is -2.21. The summed E-state index contributed by atoms with van der Waals surface area (Å²) in [6.07, 6.45) is 8.14. The first-order valence-electron chi connectivity index (χ1n) is 5.41. The van der Waals surface area contributed by atoms with E-state index in [0.717, 1.165) is 25.7 Å². The highest BCUT2D eigenvalue weighted by molar-refractivity contribution is 5.16. The molecule has 1 aliphatic rings. The number of hydrogen-bond donors (Lipinski definition) is 1. The molecular formula is C12H19FO. The highest BCUT2D eigenvalue weighted by atomic mass is 19.1. The summed E-state index contributed by atoms with van der Waals surface area (Å²) in [6, 6.07) is 0. The molecule has 1 saturated carbocycles. The van der Waals surface area contributed by atoms with Gasteiger partial charge >= 0.3 is 0 Å². The Labute approximate surface area is 85.3 Å². The van der Waals surface area contributed by atoms with Crippen LogP contribution in [0.1, 0.15) is 39.0 Å². The van der Waals surface area contributed by atoms with Crippen LogP contribution in [-0.4, -0.2) is 11.7 Å². The fourth-order valence-corrected chi connectivity index (χ4v) is 1.83. The van der Waals surface area contributed by atoms with Gasteiger partial charge in [0.15, 0.2) is 0 Å². The molecule has 1 atom stereocenters. The third-order valence-corrected chi connectivity index (χ3v) is 2.76. The lowest BCUT2D eigenvalue weighted by molar-refractivity contribution is 0.206. The fourth-order valence-electron chi connectivity index (χ4n) is 1.83. The summed E-state index contributed by atoms with van der Waals surface area (Å²) < 4.78 is 12.8. The van der Waals surface area contributed by atoms with Crippen molar-refractivity contribution in [2.75, 3.05) is 6.61 Å². The number of aliphatic hydroxyl groups excluding tert-OH is 1. The van der Waals surface area contributed by atoms with Crippen molar-refractivity contribution in [3.63, 3.8) is 0 Å². The first-order valence-corrected chi connectivity index (χ1v) is 5.41. The number of halogens is 1. The SMILES string of the molecule is CC/C(F)=C\C=C1/CCCC(CO)C1. The summed E-state index contributed by atoms with van der Waals surface area (Å²) in [7, 11) is 0. The van der Waals surface area contributed by atoms with Gasteiger partial charge in [-0.25, -0.2) is 4.39 Å². The van der Waals surface area contributed by atoms with Gasteiger partial charge in [0, 0.05) is 6.61 Å². The average Bonchev–Trinajstić information content (AvgIpc) is 2.26.